The lowest BCUT2D eigenvalue weighted by molar-refractivity contribution is -0.161. The number of piperidine rings is 1. The number of methoxy groups -OCH3 is 1. The Hall–Kier alpha value is -2.12. The number of ether oxygens (including phenoxy) is 2. The third kappa shape index (κ3) is 5.48. The summed E-state index contributed by atoms with van der Waals surface area (Å²) in [6.45, 7) is 5.41. The molecule has 2 heterocycles. The molecule has 2 aliphatic rings. The summed E-state index contributed by atoms with van der Waals surface area (Å²) in [6, 6.07) is 7.76. The average Bonchev–Trinajstić information content (AvgIpc) is 3.26. The molecule has 0 spiro atoms. The number of esters is 1. The van der Waals surface area contributed by atoms with Gasteiger partial charge in [-0.1, -0.05) is 12.1 Å². The molecule has 1 aromatic rings. The van der Waals surface area contributed by atoms with Crippen molar-refractivity contribution in [1.29, 1.82) is 0 Å². The second-order valence-electron chi connectivity index (χ2n) is 7.81. The van der Waals surface area contributed by atoms with Gasteiger partial charge in [0, 0.05) is 32.6 Å². The lowest BCUT2D eigenvalue weighted by Crippen LogP contribution is -2.52. The van der Waals surface area contributed by atoms with Gasteiger partial charge in [0.1, 0.15) is 5.75 Å². The Morgan fingerprint density at radius 1 is 1.24 bits per heavy atom. The molecule has 0 saturated carbocycles. The van der Waals surface area contributed by atoms with Crippen LogP contribution < -0.4 is 4.74 Å². The standard InChI is InChI=1S/C22H32N2O5/c1-3-28-21(26)22(16-18-7-4-8-19(15-18)27-2)10-5-11-23(17-22)20(25)9-13-24-12-6-14-29-24/h4,7-8,15H,3,5-6,9-14,16-17H2,1-2H3/t22-/m1/s1. The molecule has 0 radical (unpaired) electrons. The van der Waals surface area contributed by atoms with E-state index < -0.39 is 5.41 Å². The van der Waals surface area contributed by atoms with Crippen LogP contribution in [0.3, 0.4) is 0 Å². The van der Waals surface area contributed by atoms with Gasteiger partial charge in [-0.05, 0) is 50.3 Å². The van der Waals surface area contributed by atoms with Crippen LogP contribution in [0.2, 0.25) is 0 Å². The fourth-order valence-corrected chi connectivity index (χ4v) is 4.24. The van der Waals surface area contributed by atoms with E-state index in [4.69, 9.17) is 14.3 Å². The van der Waals surface area contributed by atoms with Crippen molar-refractivity contribution in [1.82, 2.24) is 9.96 Å². The van der Waals surface area contributed by atoms with E-state index in [0.29, 0.717) is 45.5 Å². The van der Waals surface area contributed by atoms with E-state index in [-0.39, 0.29) is 11.9 Å². The van der Waals surface area contributed by atoms with Gasteiger partial charge in [0.05, 0.1) is 25.7 Å². The minimum absolute atomic E-state index is 0.0690. The zero-order valence-corrected chi connectivity index (χ0v) is 17.5. The topological polar surface area (TPSA) is 68.3 Å². The molecule has 3 rings (SSSR count). The molecule has 2 aliphatic heterocycles. The molecule has 29 heavy (non-hydrogen) atoms. The molecular weight excluding hydrogens is 372 g/mol. The van der Waals surface area contributed by atoms with E-state index in [9.17, 15) is 9.59 Å². The number of hydroxylamine groups is 2. The first-order valence-electron chi connectivity index (χ1n) is 10.5. The summed E-state index contributed by atoms with van der Waals surface area (Å²) in [5.74, 6) is 0.610. The molecule has 1 atom stereocenters. The van der Waals surface area contributed by atoms with Crippen molar-refractivity contribution in [3.63, 3.8) is 0 Å². The number of rotatable bonds is 8. The molecule has 2 saturated heterocycles. The highest BCUT2D eigenvalue weighted by Crippen LogP contribution is 2.36. The van der Waals surface area contributed by atoms with E-state index in [2.05, 4.69) is 0 Å². The van der Waals surface area contributed by atoms with Gasteiger partial charge in [0.2, 0.25) is 5.91 Å². The Kier molecular flexibility index (Phi) is 7.50. The van der Waals surface area contributed by atoms with Crippen LogP contribution in [0.1, 0.15) is 38.2 Å². The Labute approximate surface area is 172 Å². The van der Waals surface area contributed by atoms with Gasteiger partial charge in [-0.25, -0.2) is 0 Å². The van der Waals surface area contributed by atoms with Crippen molar-refractivity contribution >= 4 is 11.9 Å². The van der Waals surface area contributed by atoms with Crippen LogP contribution in [0, 0.1) is 5.41 Å². The van der Waals surface area contributed by atoms with Crippen molar-refractivity contribution in [2.24, 2.45) is 5.41 Å². The molecule has 1 amide bonds. The lowest BCUT2D eigenvalue weighted by Gasteiger charge is -2.41. The van der Waals surface area contributed by atoms with Crippen molar-refractivity contribution in [2.75, 3.05) is 46.5 Å². The van der Waals surface area contributed by atoms with Crippen LogP contribution in [0.25, 0.3) is 0 Å². The van der Waals surface area contributed by atoms with Gasteiger partial charge >= 0.3 is 5.97 Å². The molecule has 160 valence electrons. The van der Waals surface area contributed by atoms with Gasteiger partial charge < -0.3 is 14.4 Å². The largest absolute Gasteiger partial charge is 0.497 e. The monoisotopic (exact) mass is 404 g/mol. The average molecular weight is 405 g/mol. The Morgan fingerprint density at radius 3 is 2.83 bits per heavy atom. The van der Waals surface area contributed by atoms with Crippen LogP contribution >= 0.6 is 0 Å². The number of amides is 1. The Morgan fingerprint density at radius 2 is 2.10 bits per heavy atom. The van der Waals surface area contributed by atoms with Crippen molar-refractivity contribution in [3.05, 3.63) is 29.8 Å². The van der Waals surface area contributed by atoms with Crippen molar-refractivity contribution < 1.29 is 23.9 Å². The Bertz CT molecular complexity index is 704. The van der Waals surface area contributed by atoms with Crippen molar-refractivity contribution in [3.8, 4) is 5.75 Å². The maximum atomic E-state index is 13.0. The van der Waals surface area contributed by atoms with Gasteiger partial charge in [-0.3, -0.25) is 14.4 Å². The minimum Gasteiger partial charge on any atom is -0.497 e. The number of benzene rings is 1. The number of nitrogens with zero attached hydrogens (tertiary/aromatic N) is 2. The van der Waals surface area contributed by atoms with E-state index in [1.165, 1.54) is 0 Å². The third-order valence-electron chi connectivity index (χ3n) is 5.72. The predicted octanol–water partition coefficient (Wildman–Crippen LogP) is 2.44. The van der Waals surface area contributed by atoms with Crippen LogP contribution in [-0.2, 0) is 25.6 Å². The maximum Gasteiger partial charge on any atom is 0.314 e. The SMILES string of the molecule is CCOC(=O)[C@@]1(Cc2cccc(OC)c2)CCCN(C(=O)CCN2CCCO2)C1. The third-order valence-corrected chi connectivity index (χ3v) is 5.72. The van der Waals surface area contributed by atoms with E-state index in [0.717, 1.165) is 37.3 Å². The molecule has 7 nitrogen and oxygen atoms in total. The first-order chi connectivity index (χ1) is 14.1. The second-order valence-corrected chi connectivity index (χ2v) is 7.81. The predicted molar refractivity (Wildman–Crippen MR) is 108 cm³/mol. The van der Waals surface area contributed by atoms with Gasteiger partial charge in [-0.15, -0.1) is 0 Å². The maximum absolute atomic E-state index is 13.0. The number of carbonyl (C=O) groups excluding carboxylic acids is 2. The molecule has 2 fully saturated rings. The molecule has 0 bridgehead atoms. The van der Waals surface area contributed by atoms with Crippen LogP contribution in [0.5, 0.6) is 5.75 Å². The summed E-state index contributed by atoms with van der Waals surface area (Å²) in [5, 5.41) is 1.86. The first kappa shape index (κ1) is 21.6. The van der Waals surface area contributed by atoms with E-state index in [1.807, 2.05) is 41.2 Å². The highest BCUT2D eigenvalue weighted by molar-refractivity contribution is 5.81. The zero-order valence-electron chi connectivity index (χ0n) is 17.5. The fraction of sp³-hybridized carbons (Fsp3) is 0.636. The summed E-state index contributed by atoms with van der Waals surface area (Å²) < 4.78 is 10.8. The second kappa shape index (κ2) is 10.1. The quantitative estimate of drug-likeness (QED) is 0.620. The fourth-order valence-electron chi connectivity index (χ4n) is 4.24. The number of likely N-dealkylation sites (tertiary alicyclic amines) is 1. The molecular formula is C22H32N2O5. The van der Waals surface area contributed by atoms with Crippen molar-refractivity contribution in [2.45, 2.75) is 39.0 Å². The zero-order chi connectivity index (χ0) is 20.7. The minimum atomic E-state index is -0.722. The molecule has 0 aliphatic carbocycles. The molecule has 0 aromatic heterocycles. The van der Waals surface area contributed by atoms with E-state index in [1.54, 1.807) is 7.11 Å². The summed E-state index contributed by atoms with van der Waals surface area (Å²) in [4.78, 5) is 33.2. The van der Waals surface area contributed by atoms with Crippen LogP contribution in [0.4, 0.5) is 0 Å². The summed E-state index contributed by atoms with van der Waals surface area (Å²) in [6.07, 6.45) is 3.43. The molecule has 0 unspecified atom stereocenters. The van der Waals surface area contributed by atoms with Gasteiger partial charge in [0.25, 0.3) is 0 Å². The Balaban J connectivity index is 1.72. The smallest absolute Gasteiger partial charge is 0.314 e. The number of hydrogen-bond donors (Lipinski definition) is 0. The molecule has 1 aromatic carbocycles. The van der Waals surface area contributed by atoms with Gasteiger partial charge in [-0.2, -0.15) is 5.06 Å². The summed E-state index contributed by atoms with van der Waals surface area (Å²) in [7, 11) is 1.63. The lowest BCUT2D eigenvalue weighted by atomic mass is 9.75. The normalized spacial score (nSPS) is 22.5. The van der Waals surface area contributed by atoms with Gasteiger partial charge in [0.15, 0.2) is 0 Å². The first-order valence-corrected chi connectivity index (χ1v) is 10.5. The van der Waals surface area contributed by atoms with Crippen LogP contribution in [0.15, 0.2) is 24.3 Å². The highest BCUT2D eigenvalue weighted by atomic mass is 16.7. The summed E-state index contributed by atoms with van der Waals surface area (Å²) >= 11 is 0. The van der Waals surface area contributed by atoms with E-state index >= 15 is 0 Å². The highest BCUT2D eigenvalue weighted by Gasteiger charge is 2.44. The number of carbonyl (C=O) groups is 2. The molecule has 7 heteroatoms. The number of hydrogen-bond acceptors (Lipinski definition) is 6. The van der Waals surface area contributed by atoms with Crippen LogP contribution in [-0.4, -0.2) is 68.3 Å². The summed E-state index contributed by atoms with van der Waals surface area (Å²) in [5.41, 5.74) is 0.289. The molecule has 0 N–H and O–H groups in total.